The summed E-state index contributed by atoms with van der Waals surface area (Å²) in [5.74, 6) is 3.20. The van der Waals surface area contributed by atoms with Crippen LogP contribution in [-0.4, -0.2) is 12.0 Å². The third-order valence-corrected chi connectivity index (χ3v) is 7.09. The van der Waals surface area contributed by atoms with Crippen LogP contribution in [0.3, 0.4) is 0 Å². The molecule has 20 heavy (non-hydrogen) atoms. The van der Waals surface area contributed by atoms with Crippen LogP contribution in [0.1, 0.15) is 58.3 Å². The first-order chi connectivity index (χ1) is 9.59. The molecular weight excluding hydrogens is 251 g/mol. The van der Waals surface area contributed by atoms with Crippen molar-refractivity contribution in [2.75, 3.05) is 0 Å². The van der Waals surface area contributed by atoms with Crippen LogP contribution >= 0.6 is 0 Å². The molecule has 0 radical (unpaired) electrons. The van der Waals surface area contributed by atoms with E-state index < -0.39 is 6.17 Å². The Bertz CT molecular complexity index is 468. The van der Waals surface area contributed by atoms with Gasteiger partial charge >= 0.3 is 0 Å². The van der Waals surface area contributed by atoms with Crippen LogP contribution in [0.15, 0.2) is 11.6 Å². The van der Waals surface area contributed by atoms with E-state index in [9.17, 15) is 9.18 Å². The van der Waals surface area contributed by atoms with Crippen molar-refractivity contribution >= 4 is 5.78 Å². The Morgan fingerprint density at radius 2 is 2.05 bits per heavy atom. The predicted octanol–water partition coefficient (Wildman–Crippen LogP) is 4.47. The summed E-state index contributed by atoms with van der Waals surface area (Å²) >= 11 is 0. The van der Waals surface area contributed by atoms with Crippen LogP contribution in [0.2, 0.25) is 0 Å². The van der Waals surface area contributed by atoms with Crippen molar-refractivity contribution in [3.05, 3.63) is 11.6 Å². The fraction of sp³-hybridized carbons (Fsp3) is 0.833. The minimum atomic E-state index is -0.601. The van der Waals surface area contributed by atoms with Gasteiger partial charge in [0.25, 0.3) is 0 Å². The predicted molar refractivity (Wildman–Crippen MR) is 77.0 cm³/mol. The Morgan fingerprint density at radius 3 is 2.90 bits per heavy atom. The van der Waals surface area contributed by atoms with Crippen molar-refractivity contribution in [3.63, 3.8) is 0 Å². The zero-order valence-electron chi connectivity index (χ0n) is 12.4. The van der Waals surface area contributed by atoms with E-state index in [1.807, 2.05) is 0 Å². The molecule has 0 amide bonds. The Morgan fingerprint density at radius 1 is 1.20 bits per heavy atom. The van der Waals surface area contributed by atoms with E-state index in [-0.39, 0.29) is 5.41 Å². The van der Waals surface area contributed by atoms with E-state index in [0.717, 1.165) is 44.4 Å². The standard InChI is InChI=1S/C18H25FO/c1-18-9-8-14-13-5-3-12(19)10-11(13)2-4-15(14)16(18)6-7-17(18)20/h2,12-16H,3-10H2,1H3/t12?,13?,14?,15?,16?,18-/m0/s1. The van der Waals surface area contributed by atoms with Gasteiger partial charge in [0.15, 0.2) is 0 Å². The number of alkyl halides is 1. The lowest BCUT2D eigenvalue weighted by atomic mass is 9.53. The van der Waals surface area contributed by atoms with Crippen LogP contribution in [-0.2, 0) is 4.79 Å². The number of carbonyl (C=O) groups is 1. The molecule has 2 heteroatoms. The number of ketones is 1. The number of fused-ring (bicyclic) bond motifs is 5. The second-order valence-electron chi connectivity index (χ2n) is 7.85. The maximum atomic E-state index is 13.6. The third kappa shape index (κ3) is 1.69. The Labute approximate surface area is 121 Å². The third-order valence-electron chi connectivity index (χ3n) is 7.09. The first-order valence-electron chi connectivity index (χ1n) is 8.46. The van der Waals surface area contributed by atoms with Gasteiger partial charge in [0, 0.05) is 11.8 Å². The maximum absolute atomic E-state index is 13.6. The van der Waals surface area contributed by atoms with Crippen LogP contribution < -0.4 is 0 Å². The van der Waals surface area contributed by atoms with Crippen LogP contribution in [0.5, 0.6) is 0 Å². The summed E-state index contributed by atoms with van der Waals surface area (Å²) in [5.41, 5.74) is 1.39. The SMILES string of the molecule is C[C@]12CCC3C4CCC(F)CC4=CCC3C1CCC2=O. The molecule has 0 aromatic heterocycles. The molecule has 6 atom stereocenters. The lowest BCUT2D eigenvalue weighted by Gasteiger charge is -2.51. The number of carbonyl (C=O) groups excluding carboxylic acids is 1. The summed E-state index contributed by atoms with van der Waals surface area (Å²) in [5, 5.41) is 0. The van der Waals surface area contributed by atoms with Gasteiger partial charge in [-0.2, -0.15) is 0 Å². The number of halogens is 1. The van der Waals surface area contributed by atoms with E-state index in [4.69, 9.17) is 0 Å². The van der Waals surface area contributed by atoms with Gasteiger partial charge in [0.1, 0.15) is 12.0 Å². The van der Waals surface area contributed by atoms with Crippen molar-refractivity contribution < 1.29 is 9.18 Å². The average molecular weight is 276 g/mol. The molecule has 4 aliphatic carbocycles. The zero-order chi connectivity index (χ0) is 13.9. The number of allylic oxidation sites excluding steroid dienone is 2. The molecule has 0 saturated heterocycles. The van der Waals surface area contributed by atoms with E-state index in [0.29, 0.717) is 30.0 Å². The summed E-state index contributed by atoms with van der Waals surface area (Å²) in [6.45, 7) is 2.22. The average Bonchev–Trinajstić information content (AvgIpc) is 2.74. The highest BCUT2D eigenvalue weighted by atomic mass is 19.1. The molecule has 0 heterocycles. The molecule has 4 aliphatic rings. The van der Waals surface area contributed by atoms with Crippen molar-refractivity contribution in [3.8, 4) is 0 Å². The quantitative estimate of drug-likeness (QED) is 0.597. The lowest BCUT2D eigenvalue weighted by molar-refractivity contribution is -0.130. The fourth-order valence-electron chi connectivity index (χ4n) is 5.99. The van der Waals surface area contributed by atoms with Gasteiger partial charge in [0.05, 0.1) is 0 Å². The fourth-order valence-corrected chi connectivity index (χ4v) is 5.99. The maximum Gasteiger partial charge on any atom is 0.139 e. The molecule has 0 aliphatic heterocycles. The van der Waals surface area contributed by atoms with Crippen molar-refractivity contribution in [2.24, 2.45) is 29.1 Å². The molecule has 110 valence electrons. The summed E-state index contributed by atoms with van der Waals surface area (Å²) in [4.78, 5) is 12.3. The molecule has 0 N–H and O–H groups in total. The highest BCUT2D eigenvalue weighted by molar-refractivity contribution is 5.87. The summed E-state index contributed by atoms with van der Waals surface area (Å²) in [6.07, 6.45) is 9.55. The second kappa shape index (κ2) is 4.42. The minimum Gasteiger partial charge on any atom is -0.299 e. The highest BCUT2D eigenvalue weighted by Crippen LogP contribution is 2.60. The normalized spacial score (nSPS) is 51.0. The molecule has 3 fully saturated rings. The van der Waals surface area contributed by atoms with Crippen LogP contribution in [0.4, 0.5) is 4.39 Å². The zero-order valence-corrected chi connectivity index (χ0v) is 12.4. The van der Waals surface area contributed by atoms with Crippen molar-refractivity contribution in [1.82, 2.24) is 0 Å². The molecule has 0 aromatic rings. The van der Waals surface area contributed by atoms with Crippen molar-refractivity contribution in [2.45, 2.75) is 64.5 Å². The number of hydrogen-bond donors (Lipinski definition) is 0. The highest BCUT2D eigenvalue weighted by Gasteiger charge is 2.55. The first-order valence-corrected chi connectivity index (χ1v) is 8.46. The molecule has 1 nitrogen and oxygen atoms in total. The monoisotopic (exact) mass is 276 g/mol. The first kappa shape index (κ1) is 13.0. The van der Waals surface area contributed by atoms with Gasteiger partial charge in [-0.3, -0.25) is 4.79 Å². The summed E-state index contributed by atoms with van der Waals surface area (Å²) in [6, 6.07) is 0. The smallest absolute Gasteiger partial charge is 0.139 e. The van der Waals surface area contributed by atoms with Crippen molar-refractivity contribution in [1.29, 1.82) is 0 Å². The van der Waals surface area contributed by atoms with Gasteiger partial charge in [-0.25, -0.2) is 4.39 Å². The Balaban J connectivity index is 1.64. The Kier molecular flexibility index (Phi) is 2.88. The van der Waals surface area contributed by atoms with E-state index in [1.54, 1.807) is 0 Å². The van der Waals surface area contributed by atoms with Gasteiger partial charge in [0.2, 0.25) is 0 Å². The van der Waals surface area contributed by atoms with Crippen LogP contribution in [0, 0.1) is 29.1 Å². The molecular formula is C18H25FO. The number of hydrogen-bond acceptors (Lipinski definition) is 1. The summed E-state index contributed by atoms with van der Waals surface area (Å²) in [7, 11) is 0. The van der Waals surface area contributed by atoms with E-state index in [2.05, 4.69) is 13.0 Å². The van der Waals surface area contributed by atoms with E-state index >= 15 is 0 Å². The molecule has 3 saturated carbocycles. The lowest BCUT2D eigenvalue weighted by Crippen LogP contribution is -2.46. The largest absolute Gasteiger partial charge is 0.299 e. The van der Waals surface area contributed by atoms with Gasteiger partial charge in [-0.1, -0.05) is 18.6 Å². The molecule has 0 spiro atoms. The molecule has 5 unspecified atom stereocenters. The van der Waals surface area contributed by atoms with Crippen LogP contribution in [0.25, 0.3) is 0 Å². The van der Waals surface area contributed by atoms with Gasteiger partial charge in [-0.05, 0) is 68.6 Å². The number of rotatable bonds is 0. The topological polar surface area (TPSA) is 17.1 Å². The second-order valence-corrected chi connectivity index (χ2v) is 7.85. The van der Waals surface area contributed by atoms with Gasteiger partial charge in [-0.15, -0.1) is 0 Å². The minimum absolute atomic E-state index is 0.0240. The molecule has 0 bridgehead atoms. The summed E-state index contributed by atoms with van der Waals surface area (Å²) < 4.78 is 13.6. The van der Waals surface area contributed by atoms with E-state index in [1.165, 1.54) is 12.0 Å². The molecule has 0 aromatic carbocycles. The molecule has 4 rings (SSSR count). The number of Topliss-reactive ketones (excluding diaryl/α,β-unsaturated/α-hetero) is 1. The van der Waals surface area contributed by atoms with Gasteiger partial charge < -0.3 is 0 Å². The Hall–Kier alpha value is -0.660.